The summed E-state index contributed by atoms with van der Waals surface area (Å²) in [5, 5.41) is 11.0. The van der Waals surface area contributed by atoms with Crippen molar-refractivity contribution in [2.24, 2.45) is 0 Å². The molecule has 1 aromatic heterocycles. The molecule has 2 rings (SSSR count). The Hall–Kier alpha value is -2.63. The molecule has 0 bridgehead atoms. The van der Waals surface area contributed by atoms with Crippen molar-refractivity contribution >= 4 is 22.9 Å². The highest BCUT2D eigenvalue weighted by Gasteiger charge is 2.10. The van der Waals surface area contributed by atoms with Gasteiger partial charge in [-0.25, -0.2) is 0 Å². The Balaban J connectivity index is 2.54. The van der Waals surface area contributed by atoms with Crippen molar-refractivity contribution in [2.75, 3.05) is 0 Å². The quantitative estimate of drug-likeness (QED) is 0.390. The van der Waals surface area contributed by atoms with Gasteiger partial charge in [-0.05, 0) is 12.1 Å². The Morgan fingerprint density at radius 2 is 2.28 bits per heavy atom. The molecule has 0 amide bonds. The molecule has 6 nitrogen and oxygen atoms in total. The highest BCUT2D eigenvalue weighted by molar-refractivity contribution is 5.95. The van der Waals surface area contributed by atoms with E-state index in [0.29, 0.717) is 16.7 Å². The maximum absolute atomic E-state index is 11.0. The lowest BCUT2D eigenvalue weighted by atomic mass is 10.1. The molecular formula is C12H10N2O4. The van der Waals surface area contributed by atoms with Gasteiger partial charge in [-0.15, -0.1) is 0 Å². The van der Waals surface area contributed by atoms with Gasteiger partial charge in [0.15, 0.2) is 0 Å². The smallest absolute Gasteiger partial charge is 0.308 e. The number of ether oxygens (including phenoxy) is 1. The number of rotatable bonds is 3. The van der Waals surface area contributed by atoms with Crippen LogP contribution in [0.15, 0.2) is 30.6 Å². The summed E-state index contributed by atoms with van der Waals surface area (Å²) >= 11 is 0. The van der Waals surface area contributed by atoms with Crippen LogP contribution in [0.5, 0.6) is 5.75 Å². The zero-order valence-corrected chi connectivity index (χ0v) is 9.54. The van der Waals surface area contributed by atoms with Crippen molar-refractivity contribution < 1.29 is 14.5 Å². The molecule has 0 unspecified atom stereocenters. The van der Waals surface area contributed by atoms with Gasteiger partial charge < -0.3 is 9.72 Å². The van der Waals surface area contributed by atoms with Gasteiger partial charge >= 0.3 is 5.97 Å². The van der Waals surface area contributed by atoms with E-state index in [1.54, 1.807) is 24.4 Å². The van der Waals surface area contributed by atoms with Gasteiger partial charge in [-0.3, -0.25) is 14.9 Å². The molecule has 92 valence electrons. The lowest BCUT2D eigenvalue weighted by Gasteiger charge is -2.03. The first-order valence-electron chi connectivity index (χ1n) is 5.18. The zero-order chi connectivity index (χ0) is 13.1. The molecule has 0 aliphatic heterocycles. The van der Waals surface area contributed by atoms with Crippen LogP contribution in [0.4, 0.5) is 0 Å². The number of nitrogens with one attached hydrogen (secondary N) is 1. The predicted molar refractivity (Wildman–Crippen MR) is 65.6 cm³/mol. The minimum Gasteiger partial charge on any atom is -0.426 e. The summed E-state index contributed by atoms with van der Waals surface area (Å²) in [7, 11) is 0. The van der Waals surface area contributed by atoms with Gasteiger partial charge in [0.2, 0.25) is 6.20 Å². The van der Waals surface area contributed by atoms with Gasteiger partial charge in [0, 0.05) is 35.7 Å². The van der Waals surface area contributed by atoms with Crippen LogP contribution in [-0.2, 0) is 4.79 Å². The lowest BCUT2D eigenvalue weighted by Crippen LogP contribution is -2.01. The summed E-state index contributed by atoms with van der Waals surface area (Å²) in [5.74, 6) is -0.0582. The number of hydrogen-bond acceptors (Lipinski definition) is 4. The third kappa shape index (κ3) is 2.37. The molecule has 2 aromatic rings. The average Bonchev–Trinajstić information content (AvgIpc) is 2.70. The van der Waals surface area contributed by atoms with Crippen LogP contribution in [0.1, 0.15) is 12.5 Å². The summed E-state index contributed by atoms with van der Waals surface area (Å²) in [5.41, 5.74) is 1.34. The number of fused-ring (bicyclic) bond motifs is 1. The Kier molecular flexibility index (Phi) is 3.09. The number of nitrogens with zero attached hydrogens (tertiary/aromatic N) is 1. The van der Waals surface area contributed by atoms with E-state index in [1.165, 1.54) is 13.0 Å². The fourth-order valence-corrected chi connectivity index (χ4v) is 1.69. The largest absolute Gasteiger partial charge is 0.426 e. The van der Waals surface area contributed by atoms with Crippen LogP contribution in [0.25, 0.3) is 17.0 Å². The van der Waals surface area contributed by atoms with E-state index >= 15 is 0 Å². The number of nitro groups is 1. The first-order chi connectivity index (χ1) is 8.58. The first-order valence-corrected chi connectivity index (χ1v) is 5.18. The van der Waals surface area contributed by atoms with Crippen molar-refractivity contribution in [3.8, 4) is 5.75 Å². The molecule has 1 N–H and O–H groups in total. The fourth-order valence-electron chi connectivity index (χ4n) is 1.69. The van der Waals surface area contributed by atoms with Crippen molar-refractivity contribution in [3.63, 3.8) is 0 Å². The Morgan fingerprint density at radius 3 is 2.94 bits per heavy atom. The zero-order valence-electron chi connectivity index (χ0n) is 9.54. The number of aromatic amines is 1. The van der Waals surface area contributed by atoms with Crippen LogP contribution < -0.4 is 4.74 Å². The standard InChI is InChI=1S/C12H10N2O4/c1-8(15)18-11-4-2-3-10-12(11)9(7-13-10)5-6-14(16)17/h2-7,13H,1H3/b6-5+. The number of aromatic nitrogens is 1. The highest BCUT2D eigenvalue weighted by atomic mass is 16.6. The predicted octanol–water partition coefficient (Wildman–Crippen LogP) is 2.34. The van der Waals surface area contributed by atoms with E-state index < -0.39 is 10.9 Å². The normalized spacial score (nSPS) is 10.9. The van der Waals surface area contributed by atoms with Crippen LogP contribution in [-0.4, -0.2) is 15.9 Å². The van der Waals surface area contributed by atoms with Crippen molar-refractivity contribution in [1.29, 1.82) is 0 Å². The van der Waals surface area contributed by atoms with Crippen LogP contribution in [0, 0.1) is 10.1 Å². The first kappa shape index (κ1) is 11.8. The number of H-pyrrole nitrogens is 1. The van der Waals surface area contributed by atoms with Gasteiger partial charge in [-0.1, -0.05) is 6.07 Å². The van der Waals surface area contributed by atoms with Crippen LogP contribution >= 0.6 is 0 Å². The second-order valence-corrected chi connectivity index (χ2v) is 3.62. The molecule has 0 saturated heterocycles. The van der Waals surface area contributed by atoms with Gasteiger partial charge in [0.1, 0.15) is 5.75 Å². The minimum absolute atomic E-state index is 0.379. The Labute approximate surface area is 102 Å². The summed E-state index contributed by atoms with van der Waals surface area (Å²) in [6.07, 6.45) is 3.82. The maximum Gasteiger partial charge on any atom is 0.308 e. The second kappa shape index (κ2) is 4.70. The third-order valence-electron chi connectivity index (χ3n) is 2.33. The van der Waals surface area contributed by atoms with Gasteiger partial charge in [0.25, 0.3) is 0 Å². The molecule has 1 aromatic carbocycles. The van der Waals surface area contributed by atoms with E-state index in [4.69, 9.17) is 4.74 Å². The lowest BCUT2D eigenvalue weighted by molar-refractivity contribution is -0.400. The van der Waals surface area contributed by atoms with E-state index in [0.717, 1.165) is 11.7 Å². The van der Waals surface area contributed by atoms with E-state index in [2.05, 4.69) is 4.98 Å². The van der Waals surface area contributed by atoms with Crippen molar-refractivity contribution in [2.45, 2.75) is 6.92 Å². The Morgan fingerprint density at radius 1 is 1.50 bits per heavy atom. The van der Waals surface area contributed by atoms with Crippen LogP contribution in [0.3, 0.4) is 0 Å². The molecule has 0 saturated carbocycles. The number of esters is 1. The summed E-state index contributed by atoms with van der Waals surface area (Å²) in [4.78, 5) is 23.7. The highest BCUT2D eigenvalue weighted by Crippen LogP contribution is 2.29. The fraction of sp³-hybridized carbons (Fsp3) is 0.0833. The van der Waals surface area contributed by atoms with Gasteiger partial charge in [-0.2, -0.15) is 0 Å². The second-order valence-electron chi connectivity index (χ2n) is 3.62. The molecule has 6 heteroatoms. The van der Waals surface area contributed by atoms with Gasteiger partial charge in [0.05, 0.1) is 4.92 Å². The SMILES string of the molecule is CC(=O)Oc1cccc2[nH]cc(/C=C/[N+](=O)[O-])c12. The van der Waals surface area contributed by atoms with Crippen molar-refractivity contribution in [3.05, 3.63) is 46.3 Å². The molecule has 1 heterocycles. The molecule has 0 radical (unpaired) electrons. The number of benzene rings is 1. The molecule has 18 heavy (non-hydrogen) atoms. The topological polar surface area (TPSA) is 85.2 Å². The molecule has 0 aliphatic rings. The molecule has 0 spiro atoms. The molecule has 0 fully saturated rings. The Bertz CT molecular complexity index is 643. The van der Waals surface area contributed by atoms with E-state index in [9.17, 15) is 14.9 Å². The molecular weight excluding hydrogens is 236 g/mol. The summed E-state index contributed by atoms with van der Waals surface area (Å²) in [6.45, 7) is 1.30. The molecule has 0 aliphatic carbocycles. The van der Waals surface area contributed by atoms with E-state index in [-0.39, 0.29) is 0 Å². The monoisotopic (exact) mass is 246 g/mol. The third-order valence-corrected chi connectivity index (χ3v) is 2.33. The summed E-state index contributed by atoms with van der Waals surface area (Å²) in [6, 6.07) is 5.17. The minimum atomic E-state index is -0.548. The average molecular weight is 246 g/mol. The van der Waals surface area contributed by atoms with E-state index in [1.807, 2.05) is 0 Å². The van der Waals surface area contributed by atoms with Crippen LogP contribution in [0.2, 0.25) is 0 Å². The van der Waals surface area contributed by atoms with Crippen molar-refractivity contribution in [1.82, 2.24) is 4.98 Å². The number of hydrogen-bond donors (Lipinski definition) is 1. The maximum atomic E-state index is 11.0. The number of carbonyl (C=O) groups is 1. The summed E-state index contributed by atoms with van der Waals surface area (Å²) < 4.78 is 5.07. The molecule has 0 atom stereocenters. The number of carbonyl (C=O) groups excluding carboxylic acids is 1.